The predicted molar refractivity (Wildman–Crippen MR) is 134 cm³/mol. The van der Waals surface area contributed by atoms with Crippen molar-refractivity contribution >= 4 is 29.2 Å². The molecule has 0 spiro atoms. The van der Waals surface area contributed by atoms with Crippen LogP contribution in [0.3, 0.4) is 0 Å². The Kier molecular flexibility index (Phi) is 6.64. The maximum Gasteiger partial charge on any atom is 0.266 e. The van der Waals surface area contributed by atoms with E-state index in [4.69, 9.17) is 9.47 Å². The van der Waals surface area contributed by atoms with Crippen LogP contribution in [0, 0.1) is 0 Å². The number of benzene rings is 2. The van der Waals surface area contributed by atoms with E-state index in [-0.39, 0.29) is 17.0 Å². The first-order chi connectivity index (χ1) is 17.5. The summed E-state index contributed by atoms with van der Waals surface area (Å²) < 4.78 is 10.8. The molecular weight excluding hydrogens is 460 g/mol. The normalized spacial score (nSPS) is 15.1. The Balaban J connectivity index is 1.28. The average Bonchev–Trinajstić information content (AvgIpc) is 3.17. The van der Waals surface area contributed by atoms with Gasteiger partial charge in [0.05, 0.1) is 36.6 Å². The second kappa shape index (κ2) is 10.2. The van der Waals surface area contributed by atoms with Crippen molar-refractivity contribution in [3.8, 4) is 5.75 Å². The summed E-state index contributed by atoms with van der Waals surface area (Å²) in [6.07, 6.45) is 1.72. The van der Waals surface area contributed by atoms with E-state index >= 15 is 0 Å². The molecule has 2 aliphatic heterocycles. The zero-order valence-electron chi connectivity index (χ0n) is 19.9. The van der Waals surface area contributed by atoms with Crippen molar-refractivity contribution in [1.82, 2.24) is 10.3 Å². The van der Waals surface area contributed by atoms with Gasteiger partial charge in [0, 0.05) is 31.4 Å². The zero-order chi connectivity index (χ0) is 25.1. The fourth-order valence-electron chi connectivity index (χ4n) is 4.29. The number of nitrogens with one attached hydrogen (secondary N) is 1. The zero-order valence-corrected chi connectivity index (χ0v) is 19.9. The first-order valence-corrected chi connectivity index (χ1v) is 11.9. The summed E-state index contributed by atoms with van der Waals surface area (Å²) in [5.74, 6) is 0.295. The van der Waals surface area contributed by atoms with E-state index in [9.17, 15) is 14.4 Å². The number of aromatic nitrogens is 1. The van der Waals surface area contributed by atoms with Gasteiger partial charge in [-0.1, -0.05) is 0 Å². The maximum atomic E-state index is 13.1. The number of amides is 3. The Morgan fingerprint density at radius 2 is 1.75 bits per heavy atom. The summed E-state index contributed by atoms with van der Waals surface area (Å²) >= 11 is 0. The number of ether oxygens (including phenoxy) is 2. The van der Waals surface area contributed by atoms with E-state index in [1.165, 1.54) is 12.1 Å². The van der Waals surface area contributed by atoms with Crippen LogP contribution in [0.2, 0.25) is 0 Å². The fraction of sp³-hybridized carbons (Fsp3) is 0.259. The number of anilines is 2. The standard InChI is InChI=1S/C27H26N4O5/c1-2-36-21-6-4-20(5-7-21)31-26(33)22-8-3-19(16-23(22)27(31)34)25(32)29-17-18-9-10-28-24(15-18)30-11-13-35-14-12-30/h3-10,15-16H,2,11-14,17H2,1H3,(H,29,32). The molecular formula is C27H26N4O5. The van der Waals surface area contributed by atoms with Crippen LogP contribution in [0.4, 0.5) is 11.5 Å². The summed E-state index contributed by atoms with van der Waals surface area (Å²) in [5.41, 5.74) is 2.15. The maximum absolute atomic E-state index is 13.1. The van der Waals surface area contributed by atoms with E-state index in [1.54, 1.807) is 36.5 Å². The van der Waals surface area contributed by atoms with Gasteiger partial charge in [0.15, 0.2) is 0 Å². The minimum Gasteiger partial charge on any atom is -0.494 e. The molecule has 3 amide bonds. The highest BCUT2D eigenvalue weighted by Gasteiger charge is 2.37. The number of fused-ring (bicyclic) bond motifs is 1. The minimum absolute atomic E-state index is 0.208. The highest BCUT2D eigenvalue weighted by atomic mass is 16.5. The Morgan fingerprint density at radius 1 is 1.00 bits per heavy atom. The molecule has 3 aromatic rings. The van der Waals surface area contributed by atoms with Crippen LogP contribution in [0.1, 0.15) is 43.6 Å². The highest BCUT2D eigenvalue weighted by Crippen LogP contribution is 2.30. The summed E-state index contributed by atoms with van der Waals surface area (Å²) in [4.78, 5) is 46.6. The Morgan fingerprint density at radius 3 is 2.50 bits per heavy atom. The predicted octanol–water partition coefficient (Wildman–Crippen LogP) is 3.05. The van der Waals surface area contributed by atoms with Crippen LogP contribution < -0.4 is 19.9 Å². The molecule has 0 bridgehead atoms. The molecule has 0 unspecified atom stereocenters. The van der Waals surface area contributed by atoms with Gasteiger partial charge in [-0.15, -0.1) is 0 Å². The largest absolute Gasteiger partial charge is 0.494 e. The van der Waals surface area contributed by atoms with Crippen molar-refractivity contribution in [2.45, 2.75) is 13.5 Å². The molecule has 184 valence electrons. The highest BCUT2D eigenvalue weighted by molar-refractivity contribution is 6.34. The number of nitrogens with zero attached hydrogens (tertiary/aromatic N) is 3. The van der Waals surface area contributed by atoms with Gasteiger partial charge in [0.2, 0.25) is 0 Å². The molecule has 0 radical (unpaired) electrons. The monoisotopic (exact) mass is 486 g/mol. The third kappa shape index (κ3) is 4.65. The minimum atomic E-state index is -0.460. The van der Waals surface area contributed by atoms with Crippen LogP contribution in [-0.2, 0) is 11.3 Å². The lowest BCUT2D eigenvalue weighted by molar-refractivity contribution is 0.0923. The first kappa shape index (κ1) is 23.5. The van der Waals surface area contributed by atoms with Crippen molar-refractivity contribution < 1.29 is 23.9 Å². The second-order valence-corrected chi connectivity index (χ2v) is 8.44. The molecule has 1 saturated heterocycles. The number of hydrogen-bond donors (Lipinski definition) is 1. The molecule has 2 aromatic carbocycles. The first-order valence-electron chi connectivity index (χ1n) is 11.9. The number of hydrogen-bond acceptors (Lipinski definition) is 7. The molecule has 0 aliphatic carbocycles. The van der Waals surface area contributed by atoms with Crippen molar-refractivity contribution in [2.24, 2.45) is 0 Å². The lowest BCUT2D eigenvalue weighted by Crippen LogP contribution is -2.36. The van der Waals surface area contributed by atoms with Crippen molar-refractivity contribution in [3.05, 3.63) is 83.0 Å². The SMILES string of the molecule is CCOc1ccc(N2C(=O)c3ccc(C(=O)NCc4ccnc(N5CCOCC5)c4)cc3C2=O)cc1. The topological polar surface area (TPSA) is 101 Å². The van der Waals surface area contributed by atoms with Gasteiger partial charge in [-0.3, -0.25) is 14.4 Å². The second-order valence-electron chi connectivity index (χ2n) is 8.44. The molecule has 9 nitrogen and oxygen atoms in total. The summed E-state index contributed by atoms with van der Waals surface area (Å²) in [6.45, 7) is 5.59. The van der Waals surface area contributed by atoms with Crippen LogP contribution in [-0.4, -0.2) is 55.6 Å². The lowest BCUT2D eigenvalue weighted by Gasteiger charge is -2.28. The van der Waals surface area contributed by atoms with Crippen molar-refractivity contribution in [1.29, 1.82) is 0 Å². The number of pyridine rings is 1. The quantitative estimate of drug-likeness (QED) is 0.512. The van der Waals surface area contributed by atoms with E-state index < -0.39 is 11.8 Å². The summed E-state index contributed by atoms with van der Waals surface area (Å²) in [6, 6.07) is 15.1. The number of imide groups is 1. The van der Waals surface area contributed by atoms with Crippen LogP contribution >= 0.6 is 0 Å². The molecule has 9 heteroatoms. The number of carbonyl (C=O) groups excluding carboxylic acids is 3. The van der Waals surface area contributed by atoms with Crippen molar-refractivity contribution in [2.75, 3.05) is 42.7 Å². The van der Waals surface area contributed by atoms with E-state index in [0.717, 1.165) is 29.4 Å². The van der Waals surface area contributed by atoms with Crippen LogP contribution in [0.5, 0.6) is 5.75 Å². The van der Waals surface area contributed by atoms with Gasteiger partial charge in [-0.05, 0) is 67.1 Å². The van der Waals surface area contributed by atoms with Gasteiger partial charge in [0.1, 0.15) is 11.6 Å². The van der Waals surface area contributed by atoms with Gasteiger partial charge in [-0.25, -0.2) is 9.88 Å². The molecule has 0 saturated carbocycles. The molecule has 36 heavy (non-hydrogen) atoms. The van der Waals surface area contributed by atoms with E-state index in [0.29, 0.717) is 43.4 Å². The Hall–Kier alpha value is -4.24. The molecule has 1 N–H and O–H groups in total. The van der Waals surface area contributed by atoms with E-state index in [2.05, 4.69) is 15.2 Å². The number of morpholine rings is 1. The molecule has 0 atom stereocenters. The Bertz CT molecular complexity index is 1300. The van der Waals surface area contributed by atoms with Gasteiger partial charge in [0.25, 0.3) is 17.7 Å². The number of carbonyl (C=O) groups is 3. The lowest BCUT2D eigenvalue weighted by atomic mass is 10.1. The smallest absolute Gasteiger partial charge is 0.266 e. The molecule has 2 aliphatic rings. The summed E-state index contributed by atoms with van der Waals surface area (Å²) in [5, 5.41) is 2.89. The van der Waals surface area contributed by atoms with Gasteiger partial charge >= 0.3 is 0 Å². The van der Waals surface area contributed by atoms with Crippen molar-refractivity contribution in [3.63, 3.8) is 0 Å². The molecule has 1 fully saturated rings. The molecule has 1 aromatic heterocycles. The average molecular weight is 487 g/mol. The van der Waals surface area contributed by atoms with Crippen LogP contribution in [0.15, 0.2) is 60.8 Å². The van der Waals surface area contributed by atoms with Gasteiger partial charge < -0.3 is 19.7 Å². The molecule has 3 heterocycles. The Labute approximate surface area is 208 Å². The van der Waals surface area contributed by atoms with E-state index in [1.807, 2.05) is 19.1 Å². The van der Waals surface area contributed by atoms with Gasteiger partial charge in [-0.2, -0.15) is 0 Å². The summed E-state index contributed by atoms with van der Waals surface area (Å²) in [7, 11) is 0. The van der Waals surface area contributed by atoms with Crippen LogP contribution in [0.25, 0.3) is 0 Å². The third-order valence-electron chi connectivity index (χ3n) is 6.15. The number of rotatable bonds is 7. The third-order valence-corrected chi connectivity index (χ3v) is 6.15. The fourth-order valence-corrected chi connectivity index (χ4v) is 4.29. The molecule has 5 rings (SSSR count).